The van der Waals surface area contributed by atoms with Crippen molar-refractivity contribution in [1.29, 1.82) is 0 Å². The lowest BCUT2D eigenvalue weighted by Crippen LogP contribution is -2.67. The topological polar surface area (TPSA) is 126 Å². The van der Waals surface area contributed by atoms with Crippen LogP contribution in [0.3, 0.4) is 0 Å². The summed E-state index contributed by atoms with van der Waals surface area (Å²) in [7, 11) is -9.25. The van der Waals surface area contributed by atoms with Crippen LogP contribution in [0.15, 0.2) is 225 Å². The zero-order chi connectivity index (χ0) is 49.7. The second kappa shape index (κ2) is 27.4. The van der Waals surface area contributed by atoms with Crippen LogP contribution in [0, 0.1) is 0 Å². The Morgan fingerprint density at radius 1 is 0.306 bits per heavy atom. The van der Waals surface area contributed by atoms with Crippen LogP contribution in [0.25, 0.3) is 0 Å². The van der Waals surface area contributed by atoms with Crippen LogP contribution in [-0.2, 0) is 101 Å². The number of rotatable bonds is 28. The van der Waals surface area contributed by atoms with Gasteiger partial charge in [0.15, 0.2) is 0 Å². The first-order chi connectivity index (χ1) is 35.4. The molecule has 0 spiro atoms. The van der Waals surface area contributed by atoms with E-state index in [0.29, 0.717) is 0 Å². The highest BCUT2D eigenvalue weighted by molar-refractivity contribution is 7.48. The number of ether oxygens (including phenoxy) is 4. The molecule has 0 bridgehead atoms. The first kappa shape index (κ1) is 52.7. The molecule has 0 aromatic heterocycles. The molecule has 12 nitrogen and oxygen atoms in total. The molecule has 1 aliphatic carbocycles. The van der Waals surface area contributed by atoms with Gasteiger partial charge in [0, 0.05) is 0 Å². The molecule has 374 valence electrons. The van der Waals surface area contributed by atoms with Crippen LogP contribution >= 0.6 is 15.6 Å². The van der Waals surface area contributed by atoms with E-state index in [4.69, 9.17) is 46.1 Å². The lowest BCUT2D eigenvalue weighted by atomic mass is 9.84. The minimum absolute atomic E-state index is 0.0274. The Morgan fingerprint density at radius 3 is 0.736 bits per heavy atom. The van der Waals surface area contributed by atoms with Gasteiger partial charge in [-0.15, -0.1) is 6.58 Å². The quantitative estimate of drug-likeness (QED) is 0.0342. The van der Waals surface area contributed by atoms with E-state index in [1.807, 2.05) is 212 Å². The van der Waals surface area contributed by atoms with E-state index in [0.717, 1.165) is 38.9 Å². The molecule has 8 rings (SSSR count). The monoisotopic (exact) mass is 1010 g/mol. The SMILES string of the molecule is C=CCO[C@@H]1[C@@H](OCc2ccccc2)[C@H](OP(=O)(OCc2ccccc2)OCc2ccccc2)[C@H](OCc2ccccc2)[C@H](OCc2ccccc2)[C@H]1OP(=O)(OCc1ccccc1)OCc1ccccc1. The molecule has 6 atom stereocenters. The summed E-state index contributed by atoms with van der Waals surface area (Å²) in [6.45, 7) is 3.52. The number of hydrogen-bond acceptors (Lipinski definition) is 12. The highest BCUT2D eigenvalue weighted by Gasteiger charge is 2.59. The molecule has 7 aromatic carbocycles. The summed E-state index contributed by atoms with van der Waals surface area (Å²) in [5.74, 6) is 0. The largest absolute Gasteiger partial charge is 0.475 e. The van der Waals surface area contributed by atoms with Gasteiger partial charge < -0.3 is 18.9 Å². The fraction of sp³-hybridized carbons (Fsp3) is 0.241. The van der Waals surface area contributed by atoms with E-state index in [1.165, 1.54) is 0 Å². The Bertz CT molecular complexity index is 2630. The highest BCUT2D eigenvalue weighted by atomic mass is 31.2. The summed E-state index contributed by atoms with van der Waals surface area (Å²) in [5.41, 5.74) is 5.36. The summed E-state index contributed by atoms with van der Waals surface area (Å²) in [6.07, 6.45) is -6.02. The van der Waals surface area contributed by atoms with Crippen LogP contribution in [0.4, 0.5) is 0 Å². The van der Waals surface area contributed by atoms with Gasteiger partial charge in [-0.3, -0.25) is 27.1 Å². The van der Waals surface area contributed by atoms with Gasteiger partial charge in [-0.1, -0.05) is 218 Å². The predicted octanol–water partition coefficient (Wildman–Crippen LogP) is 13.2. The van der Waals surface area contributed by atoms with Gasteiger partial charge in [0.1, 0.15) is 36.6 Å². The van der Waals surface area contributed by atoms with Crippen molar-refractivity contribution in [3.05, 3.63) is 264 Å². The fourth-order valence-electron chi connectivity index (χ4n) is 8.01. The van der Waals surface area contributed by atoms with Crippen molar-refractivity contribution < 1.29 is 55.2 Å². The smallest absolute Gasteiger partial charge is 0.369 e. The van der Waals surface area contributed by atoms with Gasteiger partial charge in [0.05, 0.1) is 52.9 Å². The summed E-state index contributed by atoms with van der Waals surface area (Å²) in [6, 6.07) is 65.9. The normalized spacial score (nSPS) is 19.2. The molecule has 0 radical (unpaired) electrons. The molecule has 7 aromatic rings. The molecule has 1 aliphatic rings. The summed E-state index contributed by atoms with van der Waals surface area (Å²) in [5, 5.41) is 0. The van der Waals surface area contributed by atoms with Crippen LogP contribution < -0.4 is 0 Å². The van der Waals surface area contributed by atoms with Crippen LogP contribution in [0.5, 0.6) is 0 Å². The van der Waals surface area contributed by atoms with Crippen LogP contribution in [0.1, 0.15) is 38.9 Å². The van der Waals surface area contributed by atoms with Gasteiger partial charge in [0.2, 0.25) is 0 Å². The summed E-state index contributed by atoms with van der Waals surface area (Å²) < 4.78 is 97.8. The van der Waals surface area contributed by atoms with Crippen molar-refractivity contribution in [2.75, 3.05) is 6.61 Å². The number of phosphoric acid groups is 2. The van der Waals surface area contributed by atoms with E-state index in [-0.39, 0.29) is 52.9 Å². The second-order valence-electron chi connectivity index (χ2n) is 16.9. The van der Waals surface area contributed by atoms with Gasteiger partial charge >= 0.3 is 15.6 Å². The molecule has 0 saturated heterocycles. The molecule has 1 saturated carbocycles. The zero-order valence-electron chi connectivity index (χ0n) is 39.9. The van der Waals surface area contributed by atoms with Crippen molar-refractivity contribution in [2.24, 2.45) is 0 Å². The fourth-order valence-corrected chi connectivity index (χ4v) is 10.7. The van der Waals surface area contributed by atoms with Crippen molar-refractivity contribution >= 4 is 15.6 Å². The second-order valence-corrected chi connectivity index (χ2v) is 20.2. The van der Waals surface area contributed by atoms with Gasteiger partial charge in [-0.25, -0.2) is 9.13 Å². The molecular formula is C58H60O12P2. The van der Waals surface area contributed by atoms with Crippen molar-refractivity contribution in [3.63, 3.8) is 0 Å². The minimum Gasteiger partial charge on any atom is -0.369 e. The summed E-state index contributed by atoms with van der Waals surface area (Å²) in [4.78, 5) is 0. The average molecular weight is 1010 g/mol. The molecule has 0 amide bonds. The Hall–Kier alpha value is -5.66. The van der Waals surface area contributed by atoms with Gasteiger partial charge in [-0.05, 0) is 38.9 Å². The van der Waals surface area contributed by atoms with Crippen LogP contribution in [-0.4, -0.2) is 43.2 Å². The molecule has 1 fully saturated rings. The Kier molecular flexibility index (Phi) is 20.0. The third kappa shape index (κ3) is 15.9. The summed E-state index contributed by atoms with van der Waals surface area (Å²) >= 11 is 0. The minimum atomic E-state index is -4.63. The lowest BCUT2D eigenvalue weighted by molar-refractivity contribution is -0.264. The molecule has 0 unspecified atom stereocenters. The van der Waals surface area contributed by atoms with E-state index >= 15 is 9.13 Å². The highest BCUT2D eigenvalue weighted by Crippen LogP contribution is 2.57. The molecule has 0 N–H and O–H groups in total. The first-order valence-electron chi connectivity index (χ1n) is 23.9. The first-order valence-corrected chi connectivity index (χ1v) is 26.8. The number of hydrogen-bond donors (Lipinski definition) is 0. The molecular weight excluding hydrogens is 951 g/mol. The standard InChI is InChI=1S/C58H60O12P2/c1-2-38-61-53-54(62-39-46-24-10-3-11-25-46)58(70-72(60,67-44-51-34-20-8-21-35-51)68-45-52-36-22-9-23-37-52)56(64-41-48-28-14-5-15-29-48)55(63-40-47-26-12-4-13-27-47)57(53)69-71(59,65-42-49-30-16-6-17-31-49)66-43-50-32-18-7-19-33-50/h2-37,53-58H,1,38-45H2/t53-,54-,55+,56-,57+,58+/m1/s1. The van der Waals surface area contributed by atoms with E-state index in [1.54, 1.807) is 6.08 Å². The van der Waals surface area contributed by atoms with Gasteiger partial charge in [-0.2, -0.15) is 0 Å². The Balaban J connectivity index is 1.26. The predicted molar refractivity (Wildman–Crippen MR) is 275 cm³/mol. The third-order valence-electron chi connectivity index (χ3n) is 11.6. The maximum Gasteiger partial charge on any atom is 0.475 e. The van der Waals surface area contributed by atoms with Crippen molar-refractivity contribution in [2.45, 2.75) is 82.9 Å². The van der Waals surface area contributed by atoms with E-state index in [9.17, 15) is 0 Å². The molecule has 14 heteroatoms. The molecule has 0 heterocycles. The maximum atomic E-state index is 15.6. The van der Waals surface area contributed by atoms with E-state index < -0.39 is 52.3 Å². The Labute approximate surface area is 422 Å². The average Bonchev–Trinajstić information content (AvgIpc) is 3.44. The van der Waals surface area contributed by atoms with Gasteiger partial charge in [0.25, 0.3) is 0 Å². The third-order valence-corrected chi connectivity index (χ3v) is 14.4. The van der Waals surface area contributed by atoms with Crippen molar-refractivity contribution in [3.8, 4) is 0 Å². The molecule has 72 heavy (non-hydrogen) atoms. The number of benzene rings is 7. The Morgan fingerprint density at radius 2 is 0.514 bits per heavy atom. The van der Waals surface area contributed by atoms with Crippen LogP contribution in [0.2, 0.25) is 0 Å². The maximum absolute atomic E-state index is 15.6. The molecule has 0 aliphatic heterocycles. The van der Waals surface area contributed by atoms with E-state index in [2.05, 4.69) is 6.58 Å². The zero-order valence-corrected chi connectivity index (χ0v) is 41.7. The van der Waals surface area contributed by atoms with Crippen molar-refractivity contribution in [1.82, 2.24) is 0 Å². The number of phosphoric ester groups is 2. The lowest BCUT2D eigenvalue weighted by Gasteiger charge is -2.49.